The predicted molar refractivity (Wildman–Crippen MR) is 59.0 cm³/mol. The number of carboxylic acids is 1. The Kier molecular flexibility index (Phi) is 2.51. The standard InChI is InChI=1S/C13H16O2/c1-8-3-5-12-10(7-8)4-6-11(12)9(2)13(14)15/h3,5,7,9,11H,4,6H2,1-2H3,(H,14,15). The smallest absolute Gasteiger partial charge is 0.306 e. The van der Waals surface area contributed by atoms with Crippen molar-refractivity contribution >= 4 is 5.97 Å². The summed E-state index contributed by atoms with van der Waals surface area (Å²) in [7, 11) is 0. The maximum atomic E-state index is 11.0. The normalized spacial score (nSPS) is 21.1. The molecule has 0 radical (unpaired) electrons. The van der Waals surface area contributed by atoms with Gasteiger partial charge in [0.25, 0.3) is 0 Å². The molecule has 80 valence electrons. The van der Waals surface area contributed by atoms with Crippen LogP contribution in [0.3, 0.4) is 0 Å². The maximum absolute atomic E-state index is 11.0. The first-order valence-corrected chi connectivity index (χ1v) is 5.42. The van der Waals surface area contributed by atoms with E-state index in [-0.39, 0.29) is 11.8 Å². The van der Waals surface area contributed by atoms with Gasteiger partial charge >= 0.3 is 5.97 Å². The lowest BCUT2D eigenvalue weighted by atomic mass is 9.88. The van der Waals surface area contributed by atoms with E-state index in [2.05, 4.69) is 25.1 Å². The second-order valence-electron chi connectivity index (χ2n) is 4.47. The van der Waals surface area contributed by atoms with Crippen molar-refractivity contribution < 1.29 is 9.90 Å². The molecule has 0 bridgehead atoms. The van der Waals surface area contributed by atoms with Crippen LogP contribution < -0.4 is 0 Å². The highest BCUT2D eigenvalue weighted by atomic mass is 16.4. The fourth-order valence-electron chi connectivity index (χ4n) is 2.47. The molecule has 1 aliphatic carbocycles. The van der Waals surface area contributed by atoms with E-state index in [0.29, 0.717) is 0 Å². The van der Waals surface area contributed by atoms with Crippen LogP contribution >= 0.6 is 0 Å². The Morgan fingerprint density at radius 3 is 2.93 bits per heavy atom. The van der Waals surface area contributed by atoms with E-state index in [1.807, 2.05) is 6.92 Å². The average Bonchev–Trinajstić information content (AvgIpc) is 2.59. The molecule has 1 aromatic rings. The van der Waals surface area contributed by atoms with E-state index in [1.165, 1.54) is 16.7 Å². The first-order valence-electron chi connectivity index (χ1n) is 5.42. The number of aryl methyl sites for hydroxylation is 2. The van der Waals surface area contributed by atoms with Crippen LogP contribution in [-0.4, -0.2) is 11.1 Å². The number of aliphatic carboxylic acids is 1. The SMILES string of the molecule is Cc1ccc2c(c1)CCC2C(C)C(=O)O. The first kappa shape index (κ1) is 10.2. The van der Waals surface area contributed by atoms with E-state index in [9.17, 15) is 4.79 Å². The molecule has 2 atom stereocenters. The van der Waals surface area contributed by atoms with Crippen LogP contribution in [0.25, 0.3) is 0 Å². The van der Waals surface area contributed by atoms with Crippen LogP contribution in [-0.2, 0) is 11.2 Å². The largest absolute Gasteiger partial charge is 0.481 e. The lowest BCUT2D eigenvalue weighted by Gasteiger charge is -2.16. The van der Waals surface area contributed by atoms with Crippen LogP contribution in [0, 0.1) is 12.8 Å². The van der Waals surface area contributed by atoms with Crippen LogP contribution in [0.15, 0.2) is 18.2 Å². The minimum atomic E-state index is -0.687. The molecular formula is C13H16O2. The molecule has 1 N–H and O–H groups in total. The molecule has 0 spiro atoms. The van der Waals surface area contributed by atoms with Crippen molar-refractivity contribution in [1.82, 2.24) is 0 Å². The summed E-state index contributed by atoms with van der Waals surface area (Å²) in [6.07, 6.45) is 2.01. The van der Waals surface area contributed by atoms with Crippen LogP contribution in [0.1, 0.15) is 36.0 Å². The van der Waals surface area contributed by atoms with Gasteiger partial charge in [-0.2, -0.15) is 0 Å². The molecule has 0 amide bonds. The summed E-state index contributed by atoms with van der Waals surface area (Å²) in [5.41, 5.74) is 3.85. The van der Waals surface area contributed by atoms with Crippen LogP contribution in [0.2, 0.25) is 0 Å². The van der Waals surface area contributed by atoms with Gasteiger partial charge in [-0.3, -0.25) is 4.79 Å². The molecule has 0 fully saturated rings. The van der Waals surface area contributed by atoms with Gasteiger partial charge < -0.3 is 5.11 Å². The minimum absolute atomic E-state index is 0.207. The predicted octanol–water partition coefficient (Wildman–Crippen LogP) is 2.75. The van der Waals surface area contributed by atoms with Gasteiger partial charge in [-0.05, 0) is 36.8 Å². The fourth-order valence-corrected chi connectivity index (χ4v) is 2.47. The highest BCUT2D eigenvalue weighted by Crippen LogP contribution is 2.38. The Bertz CT molecular complexity index is 396. The zero-order valence-corrected chi connectivity index (χ0v) is 9.16. The van der Waals surface area contributed by atoms with Gasteiger partial charge in [-0.15, -0.1) is 0 Å². The minimum Gasteiger partial charge on any atom is -0.481 e. The van der Waals surface area contributed by atoms with Gasteiger partial charge in [0.15, 0.2) is 0 Å². The Morgan fingerprint density at radius 2 is 2.27 bits per heavy atom. The zero-order chi connectivity index (χ0) is 11.0. The summed E-state index contributed by atoms with van der Waals surface area (Å²) in [6.45, 7) is 3.89. The maximum Gasteiger partial charge on any atom is 0.306 e. The summed E-state index contributed by atoms with van der Waals surface area (Å²) in [5.74, 6) is -0.750. The van der Waals surface area contributed by atoms with Gasteiger partial charge in [0.05, 0.1) is 5.92 Å². The molecule has 1 aromatic carbocycles. The third-order valence-electron chi connectivity index (χ3n) is 3.42. The molecule has 0 saturated carbocycles. The van der Waals surface area contributed by atoms with Crippen LogP contribution in [0.5, 0.6) is 0 Å². The molecule has 0 aromatic heterocycles. The fraction of sp³-hybridized carbons (Fsp3) is 0.462. The van der Waals surface area contributed by atoms with Crippen molar-refractivity contribution in [3.63, 3.8) is 0 Å². The molecule has 0 saturated heterocycles. The molecule has 1 aliphatic rings. The molecule has 2 rings (SSSR count). The molecule has 0 aliphatic heterocycles. The van der Waals surface area contributed by atoms with Gasteiger partial charge in [0, 0.05) is 0 Å². The lowest BCUT2D eigenvalue weighted by molar-refractivity contribution is -0.141. The van der Waals surface area contributed by atoms with Crippen LogP contribution in [0.4, 0.5) is 0 Å². The highest BCUT2D eigenvalue weighted by molar-refractivity contribution is 5.71. The topological polar surface area (TPSA) is 37.3 Å². The van der Waals surface area contributed by atoms with E-state index >= 15 is 0 Å². The summed E-state index contributed by atoms with van der Waals surface area (Å²) >= 11 is 0. The number of carboxylic acid groups (broad SMARTS) is 1. The molecule has 0 heterocycles. The third-order valence-corrected chi connectivity index (χ3v) is 3.42. The molecule has 15 heavy (non-hydrogen) atoms. The van der Waals surface area contributed by atoms with E-state index in [0.717, 1.165) is 12.8 Å². The van der Waals surface area contributed by atoms with Gasteiger partial charge in [0.2, 0.25) is 0 Å². The first-order chi connectivity index (χ1) is 7.09. The van der Waals surface area contributed by atoms with Crippen molar-refractivity contribution in [3.8, 4) is 0 Å². The van der Waals surface area contributed by atoms with Gasteiger partial charge in [-0.1, -0.05) is 30.7 Å². The van der Waals surface area contributed by atoms with Crippen molar-refractivity contribution in [3.05, 3.63) is 34.9 Å². The van der Waals surface area contributed by atoms with Crippen molar-refractivity contribution in [1.29, 1.82) is 0 Å². The highest BCUT2D eigenvalue weighted by Gasteiger charge is 2.30. The Morgan fingerprint density at radius 1 is 1.53 bits per heavy atom. The molecule has 2 heteroatoms. The second-order valence-corrected chi connectivity index (χ2v) is 4.47. The lowest BCUT2D eigenvalue weighted by Crippen LogP contribution is -2.17. The van der Waals surface area contributed by atoms with E-state index in [1.54, 1.807) is 0 Å². The third kappa shape index (κ3) is 1.76. The summed E-state index contributed by atoms with van der Waals surface area (Å²) in [6, 6.07) is 6.36. The number of fused-ring (bicyclic) bond motifs is 1. The van der Waals surface area contributed by atoms with E-state index in [4.69, 9.17) is 5.11 Å². The number of benzene rings is 1. The summed E-state index contributed by atoms with van der Waals surface area (Å²) in [4.78, 5) is 11.0. The summed E-state index contributed by atoms with van der Waals surface area (Å²) in [5, 5.41) is 9.02. The molecular weight excluding hydrogens is 188 g/mol. The number of hydrogen-bond acceptors (Lipinski definition) is 1. The number of hydrogen-bond donors (Lipinski definition) is 1. The quantitative estimate of drug-likeness (QED) is 0.804. The van der Waals surface area contributed by atoms with Gasteiger partial charge in [0.1, 0.15) is 0 Å². The van der Waals surface area contributed by atoms with Crippen molar-refractivity contribution in [2.75, 3.05) is 0 Å². The molecule has 2 unspecified atom stereocenters. The number of rotatable bonds is 2. The Labute approximate surface area is 89.9 Å². The van der Waals surface area contributed by atoms with Crippen molar-refractivity contribution in [2.45, 2.75) is 32.6 Å². The summed E-state index contributed by atoms with van der Waals surface area (Å²) < 4.78 is 0. The zero-order valence-electron chi connectivity index (χ0n) is 9.16. The number of carbonyl (C=O) groups is 1. The average molecular weight is 204 g/mol. The second kappa shape index (κ2) is 3.69. The van der Waals surface area contributed by atoms with Crippen molar-refractivity contribution in [2.24, 2.45) is 5.92 Å². The Hall–Kier alpha value is -1.31. The monoisotopic (exact) mass is 204 g/mol. The molecule has 2 nitrogen and oxygen atoms in total. The Balaban J connectivity index is 2.32. The van der Waals surface area contributed by atoms with E-state index < -0.39 is 5.97 Å². The van der Waals surface area contributed by atoms with Gasteiger partial charge in [-0.25, -0.2) is 0 Å².